The highest BCUT2D eigenvalue weighted by molar-refractivity contribution is 5.87. The van der Waals surface area contributed by atoms with Gasteiger partial charge in [-0.05, 0) is 76.5 Å². The number of nitrogens with one attached hydrogen (secondary N) is 5. The van der Waals surface area contributed by atoms with Gasteiger partial charge in [0.25, 0.3) is 0 Å². The normalized spacial score (nSPS) is 16.5. The number of aliphatic carboxylic acids is 4. The third-order valence-corrected chi connectivity index (χ3v) is 11.2. The van der Waals surface area contributed by atoms with E-state index in [-0.39, 0.29) is 56.9 Å². The summed E-state index contributed by atoms with van der Waals surface area (Å²) in [6.07, 6.45) is 19.2. The first-order valence-electron chi connectivity index (χ1n) is 22.2. The van der Waals surface area contributed by atoms with Crippen molar-refractivity contribution in [3.05, 3.63) is 0 Å². The highest BCUT2D eigenvalue weighted by Crippen LogP contribution is 2.29. The van der Waals surface area contributed by atoms with Crippen molar-refractivity contribution in [2.45, 2.75) is 191 Å². The van der Waals surface area contributed by atoms with E-state index in [1.807, 2.05) is 0 Å². The molecule has 0 saturated heterocycles. The van der Waals surface area contributed by atoms with Crippen molar-refractivity contribution in [1.29, 1.82) is 0 Å². The van der Waals surface area contributed by atoms with E-state index in [2.05, 4.69) is 26.7 Å². The summed E-state index contributed by atoms with van der Waals surface area (Å²) in [5.74, 6) is -1.04. The molecular formula is C42H74N6O12. The lowest BCUT2D eigenvalue weighted by Gasteiger charge is -2.28. The minimum atomic E-state index is -1.39. The van der Waals surface area contributed by atoms with Gasteiger partial charge in [0.2, 0.25) is 23.6 Å². The Kier molecular flexibility index (Phi) is 29.9. The van der Waals surface area contributed by atoms with E-state index in [1.54, 1.807) is 0 Å². The van der Waals surface area contributed by atoms with Crippen LogP contribution < -0.4 is 32.5 Å². The number of carbonyl (C=O) groups is 8. The second kappa shape index (κ2) is 33.4. The summed E-state index contributed by atoms with van der Waals surface area (Å²) in [4.78, 5) is 95.2. The van der Waals surface area contributed by atoms with Gasteiger partial charge >= 0.3 is 23.9 Å². The molecule has 344 valence electrons. The molecule has 4 amide bonds. The molecule has 0 aliphatic heterocycles. The predicted octanol–water partition coefficient (Wildman–Crippen LogP) is 4.14. The third kappa shape index (κ3) is 27.4. The Labute approximate surface area is 354 Å². The van der Waals surface area contributed by atoms with Crippen molar-refractivity contribution >= 4 is 47.5 Å². The maximum atomic E-state index is 13.0. The Morgan fingerprint density at radius 2 is 0.917 bits per heavy atom. The fraction of sp³-hybridized carbons (Fsp3) is 0.810. The average molecular weight is 855 g/mol. The zero-order chi connectivity index (χ0) is 44.5. The highest BCUT2D eigenvalue weighted by atomic mass is 16.4. The second-order valence-electron chi connectivity index (χ2n) is 16.2. The van der Waals surface area contributed by atoms with Crippen molar-refractivity contribution < 1.29 is 58.8 Å². The van der Waals surface area contributed by atoms with Gasteiger partial charge < -0.3 is 41.7 Å². The standard InChI is InChI=1S/C42H74N6O12/c43-48-34(42(59)60)17-15-16-28-44-36(50)26-24-32(40(55)56)46-37(51)27-25-33(41(57)58)47-39(54)31-22-20-30(21-23-31)29-45-35(49)18-13-11-9-7-5-3-1-2-4-6-8-10-12-14-19-38(52)53/h30-34,48H,1-29,43H2,(H,44,50)(H,45,49)(H,46,51)(H,47,54)(H,52,53)(H,55,56)(H,57,58)(H,59,60)/t30-,31-,32-,33-,34-/m0/s1. The number of carboxylic acid groups (broad SMARTS) is 4. The van der Waals surface area contributed by atoms with Crippen LogP contribution in [0.2, 0.25) is 0 Å². The molecule has 11 N–H and O–H groups in total. The van der Waals surface area contributed by atoms with E-state index in [0.717, 1.165) is 38.5 Å². The Bertz CT molecular complexity index is 1310. The molecule has 1 fully saturated rings. The van der Waals surface area contributed by atoms with Crippen LogP contribution in [0.15, 0.2) is 0 Å². The maximum absolute atomic E-state index is 13.0. The van der Waals surface area contributed by atoms with Crippen LogP contribution in [0, 0.1) is 11.8 Å². The molecule has 0 aromatic rings. The molecule has 0 unspecified atom stereocenters. The summed E-state index contributed by atoms with van der Waals surface area (Å²) >= 11 is 0. The molecule has 18 heteroatoms. The smallest absolute Gasteiger partial charge is 0.326 e. The number of nitrogens with two attached hydrogens (primary N) is 1. The molecule has 1 saturated carbocycles. The summed E-state index contributed by atoms with van der Waals surface area (Å²) in [5, 5.41) is 47.3. The summed E-state index contributed by atoms with van der Waals surface area (Å²) in [7, 11) is 0. The quantitative estimate of drug-likeness (QED) is 0.0239. The minimum Gasteiger partial charge on any atom is -0.481 e. The zero-order valence-corrected chi connectivity index (χ0v) is 35.5. The van der Waals surface area contributed by atoms with Gasteiger partial charge in [-0.2, -0.15) is 0 Å². The van der Waals surface area contributed by atoms with Crippen molar-refractivity contribution in [2.75, 3.05) is 13.1 Å². The lowest BCUT2D eigenvalue weighted by molar-refractivity contribution is -0.144. The minimum absolute atomic E-state index is 0.0312. The fourth-order valence-corrected chi connectivity index (χ4v) is 7.35. The molecule has 1 aliphatic rings. The molecule has 0 spiro atoms. The number of carbonyl (C=O) groups excluding carboxylic acids is 4. The Balaban J connectivity index is 2.20. The van der Waals surface area contributed by atoms with Gasteiger partial charge in [-0.3, -0.25) is 34.6 Å². The molecule has 3 atom stereocenters. The summed E-state index contributed by atoms with van der Waals surface area (Å²) in [6.45, 7) is 0.783. The first kappa shape index (κ1) is 53.7. The number of carboxylic acids is 4. The lowest BCUT2D eigenvalue weighted by atomic mass is 9.81. The van der Waals surface area contributed by atoms with Gasteiger partial charge in [-0.1, -0.05) is 77.0 Å². The van der Waals surface area contributed by atoms with E-state index in [0.29, 0.717) is 51.5 Å². The van der Waals surface area contributed by atoms with E-state index in [4.69, 9.17) is 16.1 Å². The van der Waals surface area contributed by atoms with Gasteiger partial charge in [0.05, 0.1) is 0 Å². The number of rotatable bonds is 37. The van der Waals surface area contributed by atoms with Crippen LogP contribution in [0.1, 0.15) is 173 Å². The second-order valence-corrected chi connectivity index (χ2v) is 16.2. The van der Waals surface area contributed by atoms with Crippen LogP contribution >= 0.6 is 0 Å². The van der Waals surface area contributed by atoms with Gasteiger partial charge in [0, 0.05) is 44.7 Å². The summed E-state index contributed by atoms with van der Waals surface area (Å²) in [6, 6.07) is -3.64. The monoisotopic (exact) mass is 855 g/mol. The van der Waals surface area contributed by atoms with Crippen LogP contribution in [-0.4, -0.2) is 99.1 Å². The Morgan fingerprint density at radius 1 is 0.467 bits per heavy atom. The zero-order valence-electron chi connectivity index (χ0n) is 35.5. The van der Waals surface area contributed by atoms with Crippen LogP contribution in [0.3, 0.4) is 0 Å². The molecule has 0 aromatic heterocycles. The predicted molar refractivity (Wildman–Crippen MR) is 223 cm³/mol. The van der Waals surface area contributed by atoms with Crippen LogP contribution in [0.5, 0.6) is 0 Å². The van der Waals surface area contributed by atoms with E-state index in [1.165, 1.54) is 51.4 Å². The number of hydrazine groups is 1. The van der Waals surface area contributed by atoms with Crippen molar-refractivity contribution in [3.63, 3.8) is 0 Å². The van der Waals surface area contributed by atoms with E-state index in [9.17, 15) is 48.6 Å². The van der Waals surface area contributed by atoms with Gasteiger partial charge in [0.1, 0.15) is 18.1 Å². The summed E-state index contributed by atoms with van der Waals surface area (Å²) in [5.41, 5.74) is 2.19. The molecule has 0 radical (unpaired) electrons. The van der Waals surface area contributed by atoms with Crippen LogP contribution in [0.25, 0.3) is 0 Å². The summed E-state index contributed by atoms with van der Waals surface area (Å²) < 4.78 is 0. The first-order valence-corrected chi connectivity index (χ1v) is 22.2. The van der Waals surface area contributed by atoms with Gasteiger partial charge in [-0.25, -0.2) is 15.0 Å². The molecule has 0 heterocycles. The topological polar surface area (TPSA) is 304 Å². The number of hydrogen-bond donors (Lipinski definition) is 10. The number of hydrogen-bond acceptors (Lipinski definition) is 10. The molecule has 0 bridgehead atoms. The fourth-order valence-electron chi connectivity index (χ4n) is 7.35. The number of amides is 4. The number of unbranched alkanes of at least 4 members (excludes halogenated alkanes) is 14. The third-order valence-electron chi connectivity index (χ3n) is 11.2. The molecule has 1 aliphatic carbocycles. The van der Waals surface area contributed by atoms with Gasteiger partial charge in [0.15, 0.2) is 0 Å². The maximum Gasteiger partial charge on any atom is 0.326 e. The average Bonchev–Trinajstić information content (AvgIpc) is 3.20. The molecular weight excluding hydrogens is 780 g/mol. The molecule has 18 nitrogen and oxygen atoms in total. The molecule has 1 rings (SSSR count). The largest absolute Gasteiger partial charge is 0.481 e. The SMILES string of the molecule is NN[C@@H](CCCCNC(=O)CC[C@H](NC(=O)CC[C@H](NC(=O)[C@H]1CC[C@H](CNC(=O)CCCCCCCCCCCCCCCCC(=O)O)CC1)C(=O)O)C(=O)O)C(=O)O. The van der Waals surface area contributed by atoms with Crippen LogP contribution in [-0.2, 0) is 38.4 Å². The van der Waals surface area contributed by atoms with Crippen LogP contribution in [0.4, 0.5) is 0 Å². The molecule has 0 aromatic carbocycles. The highest BCUT2D eigenvalue weighted by Gasteiger charge is 2.30. The first-order chi connectivity index (χ1) is 28.7. The van der Waals surface area contributed by atoms with Crippen molar-refractivity contribution in [3.8, 4) is 0 Å². The Hall–Kier alpha value is -4.32. The Morgan fingerprint density at radius 3 is 1.40 bits per heavy atom. The molecule has 60 heavy (non-hydrogen) atoms. The van der Waals surface area contributed by atoms with Crippen molar-refractivity contribution in [1.82, 2.24) is 26.7 Å². The lowest BCUT2D eigenvalue weighted by Crippen LogP contribution is -2.46. The van der Waals surface area contributed by atoms with E-state index < -0.39 is 65.6 Å². The van der Waals surface area contributed by atoms with Crippen molar-refractivity contribution in [2.24, 2.45) is 17.7 Å². The van der Waals surface area contributed by atoms with Gasteiger partial charge in [-0.15, -0.1) is 0 Å². The van der Waals surface area contributed by atoms with E-state index >= 15 is 0 Å².